The van der Waals surface area contributed by atoms with Crippen LogP contribution in [0.4, 0.5) is 5.69 Å². The number of benzene rings is 1. The van der Waals surface area contributed by atoms with Crippen molar-refractivity contribution >= 4 is 17.4 Å². The van der Waals surface area contributed by atoms with Gasteiger partial charge < -0.3 is 10.1 Å². The number of ether oxygens (including phenoxy) is 1. The molecule has 1 aromatic carbocycles. The van der Waals surface area contributed by atoms with Crippen LogP contribution < -0.4 is 5.32 Å². The second-order valence-corrected chi connectivity index (χ2v) is 6.16. The van der Waals surface area contributed by atoms with Crippen LogP contribution in [0.3, 0.4) is 0 Å². The number of thioether (sulfide) groups is 1. The van der Waals surface area contributed by atoms with E-state index in [2.05, 4.69) is 35.8 Å². The first-order valence-corrected chi connectivity index (χ1v) is 7.97. The fraction of sp³-hybridized carbons (Fsp3) is 0.600. The van der Waals surface area contributed by atoms with Gasteiger partial charge >= 0.3 is 0 Å². The lowest BCUT2D eigenvalue weighted by molar-refractivity contribution is 0.134. The maximum atomic E-state index is 5.51. The molecule has 1 saturated carbocycles. The highest BCUT2D eigenvalue weighted by Gasteiger charge is 2.35. The Hall–Kier alpha value is -0.670. The molecular weight excluding hydrogens is 242 g/mol. The lowest BCUT2D eigenvalue weighted by Crippen LogP contribution is -2.40. The van der Waals surface area contributed by atoms with E-state index >= 15 is 0 Å². The molecule has 0 heterocycles. The smallest absolute Gasteiger partial charge is 0.0736 e. The molecule has 1 aliphatic carbocycles. The SMILES string of the molecule is CCOCc1ccccc1NCC1(SC)CCC1. The van der Waals surface area contributed by atoms with E-state index in [1.54, 1.807) is 0 Å². The summed E-state index contributed by atoms with van der Waals surface area (Å²) in [5, 5.41) is 3.62. The fourth-order valence-electron chi connectivity index (χ4n) is 2.31. The summed E-state index contributed by atoms with van der Waals surface area (Å²) in [6.45, 7) is 4.57. The molecule has 1 aliphatic rings. The van der Waals surface area contributed by atoms with E-state index in [-0.39, 0.29) is 0 Å². The van der Waals surface area contributed by atoms with Crippen LogP contribution >= 0.6 is 11.8 Å². The van der Waals surface area contributed by atoms with Gasteiger partial charge in [-0.15, -0.1) is 0 Å². The van der Waals surface area contributed by atoms with E-state index in [9.17, 15) is 0 Å². The summed E-state index contributed by atoms with van der Waals surface area (Å²) in [6.07, 6.45) is 6.29. The van der Waals surface area contributed by atoms with Crippen LogP contribution in [-0.2, 0) is 11.3 Å². The van der Waals surface area contributed by atoms with Gasteiger partial charge in [-0.1, -0.05) is 24.6 Å². The van der Waals surface area contributed by atoms with E-state index in [1.165, 1.54) is 30.5 Å². The number of nitrogens with one attached hydrogen (secondary N) is 1. The Bertz CT molecular complexity index is 371. The highest BCUT2D eigenvalue weighted by Crippen LogP contribution is 2.42. The van der Waals surface area contributed by atoms with E-state index in [0.717, 1.165) is 13.2 Å². The molecule has 18 heavy (non-hydrogen) atoms. The van der Waals surface area contributed by atoms with Gasteiger partial charge in [-0.2, -0.15) is 11.8 Å². The lowest BCUT2D eigenvalue weighted by Gasteiger charge is -2.40. The zero-order valence-electron chi connectivity index (χ0n) is 11.4. The fourth-order valence-corrected chi connectivity index (χ4v) is 3.22. The molecule has 0 atom stereocenters. The van der Waals surface area contributed by atoms with Gasteiger partial charge in [-0.05, 0) is 32.1 Å². The Morgan fingerprint density at radius 3 is 2.72 bits per heavy atom. The van der Waals surface area contributed by atoms with Gasteiger partial charge in [0.2, 0.25) is 0 Å². The molecule has 2 rings (SSSR count). The molecule has 1 fully saturated rings. The third kappa shape index (κ3) is 3.21. The molecule has 3 heteroatoms. The van der Waals surface area contributed by atoms with Gasteiger partial charge in [0.05, 0.1) is 6.61 Å². The van der Waals surface area contributed by atoms with Crippen molar-refractivity contribution in [2.75, 3.05) is 24.7 Å². The zero-order chi connectivity index (χ0) is 12.8. The minimum absolute atomic E-state index is 0.471. The van der Waals surface area contributed by atoms with E-state index < -0.39 is 0 Å². The topological polar surface area (TPSA) is 21.3 Å². The predicted molar refractivity (Wildman–Crippen MR) is 80.4 cm³/mol. The molecule has 0 bridgehead atoms. The number of anilines is 1. The molecule has 1 N–H and O–H groups in total. The standard InChI is InChI=1S/C15H23NOS/c1-3-17-11-13-7-4-5-8-14(13)16-12-15(18-2)9-6-10-15/h4-5,7-8,16H,3,6,9-12H2,1-2H3. The molecule has 2 nitrogen and oxygen atoms in total. The van der Waals surface area contributed by atoms with E-state index in [4.69, 9.17) is 4.74 Å². The zero-order valence-corrected chi connectivity index (χ0v) is 12.2. The van der Waals surface area contributed by atoms with Crippen LogP contribution in [0, 0.1) is 0 Å². The third-order valence-corrected chi connectivity index (χ3v) is 5.20. The van der Waals surface area contributed by atoms with Crippen LogP contribution in [-0.4, -0.2) is 24.2 Å². The Balaban J connectivity index is 1.95. The summed E-state index contributed by atoms with van der Waals surface area (Å²) in [7, 11) is 0. The van der Waals surface area contributed by atoms with E-state index in [1.807, 2.05) is 18.7 Å². The van der Waals surface area contributed by atoms with Gasteiger partial charge in [0, 0.05) is 29.1 Å². The number of hydrogen-bond acceptors (Lipinski definition) is 3. The summed E-state index contributed by atoms with van der Waals surface area (Å²) < 4.78 is 5.98. The Labute approximate surface area is 114 Å². The van der Waals surface area contributed by atoms with Crippen molar-refractivity contribution in [3.8, 4) is 0 Å². The second kappa shape index (κ2) is 6.48. The normalized spacial score (nSPS) is 17.2. The van der Waals surface area contributed by atoms with Gasteiger partial charge in [0.25, 0.3) is 0 Å². The first kappa shape index (κ1) is 13.8. The van der Waals surface area contributed by atoms with Crippen molar-refractivity contribution in [2.24, 2.45) is 0 Å². The van der Waals surface area contributed by atoms with Gasteiger partial charge in [-0.25, -0.2) is 0 Å². The van der Waals surface area contributed by atoms with Crippen molar-refractivity contribution in [3.05, 3.63) is 29.8 Å². The number of hydrogen-bond donors (Lipinski definition) is 1. The molecule has 0 saturated heterocycles. The minimum Gasteiger partial charge on any atom is -0.383 e. The van der Waals surface area contributed by atoms with Crippen LogP contribution in [0.25, 0.3) is 0 Å². The van der Waals surface area contributed by atoms with Crippen LogP contribution in [0.1, 0.15) is 31.7 Å². The van der Waals surface area contributed by atoms with E-state index in [0.29, 0.717) is 11.4 Å². The Morgan fingerprint density at radius 1 is 1.33 bits per heavy atom. The van der Waals surface area contributed by atoms with Crippen LogP contribution in [0.2, 0.25) is 0 Å². The first-order valence-electron chi connectivity index (χ1n) is 6.74. The first-order chi connectivity index (χ1) is 8.79. The summed E-state index contributed by atoms with van der Waals surface area (Å²) >= 11 is 2.01. The van der Waals surface area contributed by atoms with Crippen molar-refractivity contribution in [2.45, 2.75) is 37.5 Å². The molecule has 0 radical (unpaired) electrons. The maximum Gasteiger partial charge on any atom is 0.0736 e. The predicted octanol–water partition coefficient (Wildman–Crippen LogP) is 3.92. The average molecular weight is 265 g/mol. The van der Waals surface area contributed by atoms with Crippen molar-refractivity contribution in [1.82, 2.24) is 0 Å². The highest BCUT2D eigenvalue weighted by molar-refractivity contribution is 8.00. The van der Waals surface area contributed by atoms with Crippen LogP contribution in [0.15, 0.2) is 24.3 Å². The molecule has 0 spiro atoms. The van der Waals surface area contributed by atoms with Crippen molar-refractivity contribution in [1.29, 1.82) is 0 Å². The third-order valence-electron chi connectivity index (χ3n) is 3.78. The lowest BCUT2D eigenvalue weighted by atomic mass is 9.84. The quantitative estimate of drug-likeness (QED) is 0.807. The molecule has 1 aromatic rings. The summed E-state index contributed by atoms with van der Waals surface area (Å²) in [4.78, 5) is 0. The van der Waals surface area contributed by atoms with Crippen LogP contribution in [0.5, 0.6) is 0 Å². The summed E-state index contributed by atoms with van der Waals surface area (Å²) in [5.74, 6) is 0. The number of rotatable bonds is 7. The molecule has 100 valence electrons. The average Bonchev–Trinajstić information content (AvgIpc) is 2.37. The molecular formula is C15H23NOS. The van der Waals surface area contributed by atoms with Gasteiger partial charge in [-0.3, -0.25) is 0 Å². The summed E-state index contributed by atoms with van der Waals surface area (Å²) in [5.41, 5.74) is 2.49. The van der Waals surface area contributed by atoms with Crippen molar-refractivity contribution in [3.63, 3.8) is 0 Å². The molecule has 0 aromatic heterocycles. The van der Waals surface area contributed by atoms with Gasteiger partial charge in [0.1, 0.15) is 0 Å². The van der Waals surface area contributed by atoms with Gasteiger partial charge in [0.15, 0.2) is 0 Å². The number of para-hydroxylation sites is 1. The highest BCUT2D eigenvalue weighted by atomic mass is 32.2. The molecule has 0 aliphatic heterocycles. The Morgan fingerprint density at radius 2 is 2.11 bits per heavy atom. The summed E-state index contributed by atoms with van der Waals surface area (Å²) in [6, 6.07) is 8.46. The van der Waals surface area contributed by atoms with Crippen molar-refractivity contribution < 1.29 is 4.74 Å². The molecule has 0 unspecified atom stereocenters. The second-order valence-electron chi connectivity index (χ2n) is 4.89. The maximum absolute atomic E-state index is 5.51. The minimum atomic E-state index is 0.471. The Kier molecular flexibility index (Phi) is 4.95. The monoisotopic (exact) mass is 265 g/mol. The molecule has 0 amide bonds. The largest absolute Gasteiger partial charge is 0.383 e.